The molecule has 3 unspecified atom stereocenters. The highest BCUT2D eigenvalue weighted by Gasteiger charge is 2.44. The normalized spacial score (nSPS) is 38.3. The van der Waals surface area contributed by atoms with E-state index in [0.29, 0.717) is 19.8 Å². The molecule has 0 saturated carbocycles. The summed E-state index contributed by atoms with van der Waals surface area (Å²) in [5.41, 5.74) is 0. The Labute approximate surface area is 105 Å². The quantitative estimate of drug-likeness (QED) is 0.718. The van der Waals surface area contributed by atoms with Crippen molar-refractivity contribution < 1.29 is 18.9 Å². The minimum absolute atomic E-state index is 0.0400. The second-order valence-electron chi connectivity index (χ2n) is 4.31. The Morgan fingerprint density at radius 1 is 0.706 bits per heavy atom. The lowest BCUT2D eigenvalue weighted by Gasteiger charge is -2.44. The lowest BCUT2D eigenvalue weighted by molar-refractivity contribution is -0.247. The van der Waals surface area contributed by atoms with Gasteiger partial charge in [0.15, 0.2) is 0 Å². The maximum absolute atomic E-state index is 5.86. The summed E-state index contributed by atoms with van der Waals surface area (Å²) in [7, 11) is 0. The van der Waals surface area contributed by atoms with Crippen LogP contribution >= 0.6 is 0 Å². The van der Waals surface area contributed by atoms with E-state index in [0.717, 1.165) is 0 Å². The SMILES string of the molecule is CCOC1C(OCC)[C@H](C)OC(C)[C@@H]1OCC. The zero-order valence-corrected chi connectivity index (χ0v) is 11.6. The van der Waals surface area contributed by atoms with E-state index in [9.17, 15) is 0 Å². The molecule has 1 rings (SSSR count). The second-order valence-corrected chi connectivity index (χ2v) is 4.31. The molecule has 0 spiro atoms. The molecule has 102 valence electrons. The first-order chi connectivity index (χ1) is 8.15. The van der Waals surface area contributed by atoms with Crippen LogP contribution in [0.25, 0.3) is 0 Å². The molecule has 1 saturated heterocycles. The van der Waals surface area contributed by atoms with Gasteiger partial charge in [0, 0.05) is 19.8 Å². The lowest BCUT2D eigenvalue weighted by atomic mass is 9.95. The van der Waals surface area contributed by atoms with Gasteiger partial charge in [-0.3, -0.25) is 0 Å². The molecular formula is C13H26O4. The maximum Gasteiger partial charge on any atom is 0.115 e. The molecule has 4 heteroatoms. The summed E-state index contributed by atoms with van der Waals surface area (Å²) in [5.74, 6) is 0. The second kappa shape index (κ2) is 7.31. The fourth-order valence-electron chi connectivity index (χ4n) is 2.44. The van der Waals surface area contributed by atoms with Gasteiger partial charge in [0.2, 0.25) is 0 Å². The van der Waals surface area contributed by atoms with Crippen LogP contribution in [0, 0.1) is 0 Å². The Morgan fingerprint density at radius 2 is 1.06 bits per heavy atom. The molecule has 1 fully saturated rings. The zero-order valence-electron chi connectivity index (χ0n) is 11.6. The summed E-state index contributed by atoms with van der Waals surface area (Å²) < 4.78 is 23.2. The van der Waals surface area contributed by atoms with E-state index in [1.54, 1.807) is 0 Å². The third-order valence-electron chi connectivity index (χ3n) is 3.08. The predicted molar refractivity (Wildman–Crippen MR) is 66.3 cm³/mol. The van der Waals surface area contributed by atoms with Gasteiger partial charge in [0.1, 0.15) is 18.3 Å². The molecule has 0 amide bonds. The summed E-state index contributed by atoms with van der Waals surface area (Å²) >= 11 is 0. The largest absolute Gasteiger partial charge is 0.373 e. The average molecular weight is 246 g/mol. The first-order valence-electron chi connectivity index (χ1n) is 6.65. The average Bonchev–Trinajstić information content (AvgIpc) is 2.29. The van der Waals surface area contributed by atoms with Crippen LogP contribution in [-0.2, 0) is 18.9 Å². The van der Waals surface area contributed by atoms with E-state index in [4.69, 9.17) is 18.9 Å². The van der Waals surface area contributed by atoms with Crippen molar-refractivity contribution in [2.75, 3.05) is 19.8 Å². The Hall–Kier alpha value is -0.160. The lowest BCUT2D eigenvalue weighted by Crippen LogP contribution is -2.58. The Kier molecular flexibility index (Phi) is 6.41. The van der Waals surface area contributed by atoms with Crippen molar-refractivity contribution in [3.63, 3.8) is 0 Å². The summed E-state index contributed by atoms with van der Waals surface area (Å²) in [6, 6.07) is 0. The molecule has 0 aromatic heterocycles. The molecule has 0 N–H and O–H groups in total. The van der Waals surface area contributed by atoms with E-state index in [2.05, 4.69) is 0 Å². The molecule has 0 radical (unpaired) electrons. The van der Waals surface area contributed by atoms with Crippen molar-refractivity contribution in [1.82, 2.24) is 0 Å². The number of ether oxygens (including phenoxy) is 4. The molecule has 5 atom stereocenters. The summed E-state index contributed by atoms with van der Waals surface area (Å²) in [6.45, 7) is 12.0. The van der Waals surface area contributed by atoms with E-state index in [1.165, 1.54) is 0 Å². The van der Waals surface area contributed by atoms with Gasteiger partial charge >= 0.3 is 0 Å². The smallest absolute Gasteiger partial charge is 0.115 e. The number of hydrogen-bond donors (Lipinski definition) is 0. The molecule has 0 aromatic carbocycles. The molecule has 1 aliphatic rings. The van der Waals surface area contributed by atoms with Crippen LogP contribution in [0.5, 0.6) is 0 Å². The molecule has 0 aromatic rings. The van der Waals surface area contributed by atoms with E-state index >= 15 is 0 Å². The van der Waals surface area contributed by atoms with Gasteiger partial charge in [-0.1, -0.05) is 0 Å². The van der Waals surface area contributed by atoms with Gasteiger partial charge in [-0.15, -0.1) is 0 Å². The van der Waals surface area contributed by atoms with E-state index in [-0.39, 0.29) is 30.5 Å². The van der Waals surface area contributed by atoms with Crippen LogP contribution in [0.1, 0.15) is 34.6 Å². The van der Waals surface area contributed by atoms with Crippen molar-refractivity contribution in [3.05, 3.63) is 0 Å². The highest BCUT2D eigenvalue weighted by molar-refractivity contribution is 4.92. The highest BCUT2D eigenvalue weighted by atomic mass is 16.6. The Morgan fingerprint density at radius 3 is 1.41 bits per heavy atom. The van der Waals surface area contributed by atoms with Crippen LogP contribution in [-0.4, -0.2) is 50.3 Å². The third kappa shape index (κ3) is 3.65. The maximum atomic E-state index is 5.86. The summed E-state index contributed by atoms with van der Waals surface area (Å²) in [4.78, 5) is 0. The highest BCUT2D eigenvalue weighted by Crippen LogP contribution is 2.27. The van der Waals surface area contributed by atoms with Gasteiger partial charge < -0.3 is 18.9 Å². The third-order valence-corrected chi connectivity index (χ3v) is 3.08. The fourth-order valence-corrected chi connectivity index (χ4v) is 2.44. The van der Waals surface area contributed by atoms with Crippen LogP contribution in [0.4, 0.5) is 0 Å². The molecule has 1 aliphatic heterocycles. The Bertz CT molecular complexity index is 192. The van der Waals surface area contributed by atoms with Crippen molar-refractivity contribution in [2.24, 2.45) is 0 Å². The monoisotopic (exact) mass is 246 g/mol. The zero-order chi connectivity index (χ0) is 12.8. The van der Waals surface area contributed by atoms with E-state index in [1.807, 2.05) is 34.6 Å². The first-order valence-corrected chi connectivity index (χ1v) is 6.65. The van der Waals surface area contributed by atoms with E-state index < -0.39 is 0 Å². The topological polar surface area (TPSA) is 36.9 Å². The van der Waals surface area contributed by atoms with Crippen molar-refractivity contribution >= 4 is 0 Å². The summed E-state index contributed by atoms with van der Waals surface area (Å²) in [6.07, 6.45) is -0.0598. The van der Waals surface area contributed by atoms with Crippen molar-refractivity contribution in [3.8, 4) is 0 Å². The minimum atomic E-state index is -0.0484. The Balaban J connectivity index is 2.78. The minimum Gasteiger partial charge on any atom is -0.373 e. The molecular weight excluding hydrogens is 220 g/mol. The van der Waals surface area contributed by atoms with Crippen molar-refractivity contribution in [1.29, 1.82) is 0 Å². The van der Waals surface area contributed by atoms with Gasteiger partial charge in [0.25, 0.3) is 0 Å². The summed E-state index contributed by atoms with van der Waals surface area (Å²) in [5, 5.41) is 0. The fraction of sp³-hybridized carbons (Fsp3) is 1.00. The van der Waals surface area contributed by atoms with Crippen LogP contribution < -0.4 is 0 Å². The van der Waals surface area contributed by atoms with Crippen LogP contribution in [0.15, 0.2) is 0 Å². The van der Waals surface area contributed by atoms with Gasteiger partial charge in [-0.2, -0.15) is 0 Å². The molecule has 0 aliphatic carbocycles. The standard InChI is InChI=1S/C13H26O4/c1-6-14-11-9(4)17-10(5)12(15-7-2)13(11)16-8-3/h9-13H,6-8H2,1-5H3/t9-,10?,11?,12-,13?/m0/s1. The molecule has 17 heavy (non-hydrogen) atoms. The van der Waals surface area contributed by atoms with Gasteiger partial charge in [-0.05, 0) is 34.6 Å². The van der Waals surface area contributed by atoms with Crippen LogP contribution in [0.3, 0.4) is 0 Å². The predicted octanol–water partition coefficient (Wildman–Crippen LogP) is 2.01. The molecule has 1 heterocycles. The van der Waals surface area contributed by atoms with Crippen LogP contribution in [0.2, 0.25) is 0 Å². The van der Waals surface area contributed by atoms with Crippen molar-refractivity contribution in [2.45, 2.75) is 65.1 Å². The molecule has 4 nitrogen and oxygen atoms in total. The first kappa shape index (κ1) is 14.9. The van der Waals surface area contributed by atoms with Gasteiger partial charge in [-0.25, -0.2) is 0 Å². The molecule has 0 bridgehead atoms. The number of rotatable bonds is 6. The number of hydrogen-bond acceptors (Lipinski definition) is 4. The van der Waals surface area contributed by atoms with Gasteiger partial charge in [0.05, 0.1) is 12.2 Å².